The first kappa shape index (κ1) is 14.9. The number of piperidine rings is 1. The predicted molar refractivity (Wildman–Crippen MR) is 86.8 cm³/mol. The normalized spacial score (nSPS) is 26.1. The van der Waals surface area contributed by atoms with Crippen LogP contribution in [0, 0.1) is 0 Å². The van der Waals surface area contributed by atoms with Crippen molar-refractivity contribution >= 4 is 0 Å². The Labute approximate surface area is 128 Å². The van der Waals surface area contributed by atoms with E-state index in [0.29, 0.717) is 6.04 Å². The van der Waals surface area contributed by atoms with Gasteiger partial charge in [-0.2, -0.15) is 0 Å². The van der Waals surface area contributed by atoms with Gasteiger partial charge in [-0.3, -0.25) is 4.90 Å². The molecule has 21 heavy (non-hydrogen) atoms. The van der Waals surface area contributed by atoms with Gasteiger partial charge in [0.2, 0.25) is 0 Å². The highest BCUT2D eigenvalue weighted by molar-refractivity contribution is 5.42. The molecule has 3 nitrogen and oxygen atoms in total. The lowest BCUT2D eigenvalue weighted by Gasteiger charge is -2.34. The van der Waals surface area contributed by atoms with Crippen LogP contribution in [0.3, 0.4) is 0 Å². The standard InChI is InChI=1S/C18H28N2O/c1-14(20-11-7-4-8-12-20)13-19-17-15-9-5-6-10-16(15)21-18(17,2)3/h5-6,9-10,14,17,19H,4,7-8,11-13H2,1-3H3. The first-order valence-corrected chi connectivity index (χ1v) is 8.33. The molecule has 0 spiro atoms. The molecule has 0 radical (unpaired) electrons. The lowest BCUT2D eigenvalue weighted by Crippen LogP contribution is -2.47. The van der Waals surface area contributed by atoms with Crippen LogP contribution in [0.2, 0.25) is 0 Å². The average Bonchev–Trinajstić information content (AvgIpc) is 2.75. The lowest BCUT2D eigenvalue weighted by atomic mass is 9.94. The molecule has 2 unspecified atom stereocenters. The monoisotopic (exact) mass is 288 g/mol. The van der Waals surface area contributed by atoms with Gasteiger partial charge in [0.15, 0.2) is 0 Å². The fourth-order valence-corrected chi connectivity index (χ4v) is 3.66. The van der Waals surface area contributed by atoms with Gasteiger partial charge in [0.05, 0.1) is 6.04 Å². The smallest absolute Gasteiger partial charge is 0.125 e. The number of likely N-dealkylation sites (tertiary alicyclic amines) is 1. The Morgan fingerprint density at radius 3 is 2.71 bits per heavy atom. The van der Waals surface area contributed by atoms with Crippen LogP contribution in [0.25, 0.3) is 0 Å². The summed E-state index contributed by atoms with van der Waals surface area (Å²) in [4.78, 5) is 2.62. The maximum atomic E-state index is 6.11. The van der Waals surface area contributed by atoms with Crippen molar-refractivity contribution in [3.63, 3.8) is 0 Å². The maximum Gasteiger partial charge on any atom is 0.125 e. The summed E-state index contributed by atoms with van der Waals surface area (Å²) in [6.07, 6.45) is 4.10. The van der Waals surface area contributed by atoms with Gasteiger partial charge < -0.3 is 10.1 Å². The summed E-state index contributed by atoms with van der Waals surface area (Å²) in [5.41, 5.74) is 1.12. The summed E-state index contributed by atoms with van der Waals surface area (Å²) < 4.78 is 6.11. The Hall–Kier alpha value is -1.06. The Morgan fingerprint density at radius 2 is 1.95 bits per heavy atom. The van der Waals surface area contributed by atoms with Crippen molar-refractivity contribution in [2.75, 3.05) is 19.6 Å². The molecule has 1 fully saturated rings. The summed E-state index contributed by atoms with van der Waals surface area (Å²) in [7, 11) is 0. The third kappa shape index (κ3) is 3.09. The number of para-hydroxylation sites is 1. The Balaban J connectivity index is 1.64. The first-order chi connectivity index (χ1) is 10.1. The second-order valence-electron chi connectivity index (χ2n) is 7.03. The van der Waals surface area contributed by atoms with Crippen molar-refractivity contribution < 1.29 is 4.74 Å². The molecule has 0 saturated carbocycles. The third-order valence-electron chi connectivity index (χ3n) is 4.93. The van der Waals surface area contributed by atoms with Crippen LogP contribution in [0.1, 0.15) is 51.6 Å². The van der Waals surface area contributed by atoms with Crippen LogP contribution in [-0.2, 0) is 0 Å². The minimum absolute atomic E-state index is 0.175. The van der Waals surface area contributed by atoms with Gasteiger partial charge in [0.25, 0.3) is 0 Å². The van der Waals surface area contributed by atoms with Crippen LogP contribution in [-0.4, -0.2) is 36.2 Å². The quantitative estimate of drug-likeness (QED) is 0.919. The highest BCUT2D eigenvalue weighted by Gasteiger charge is 2.40. The molecule has 0 amide bonds. The van der Waals surface area contributed by atoms with Crippen LogP contribution in [0.4, 0.5) is 0 Å². The number of nitrogens with one attached hydrogen (secondary N) is 1. The fourth-order valence-electron chi connectivity index (χ4n) is 3.66. The Morgan fingerprint density at radius 1 is 1.24 bits per heavy atom. The Kier molecular flexibility index (Phi) is 4.23. The minimum Gasteiger partial charge on any atom is -0.486 e. The van der Waals surface area contributed by atoms with Gasteiger partial charge in [-0.15, -0.1) is 0 Å². The largest absolute Gasteiger partial charge is 0.486 e. The molecule has 1 aromatic carbocycles. The van der Waals surface area contributed by atoms with E-state index in [0.717, 1.165) is 12.3 Å². The molecule has 2 atom stereocenters. The first-order valence-electron chi connectivity index (χ1n) is 8.33. The van der Waals surface area contributed by atoms with Crippen LogP contribution in [0.15, 0.2) is 24.3 Å². The minimum atomic E-state index is -0.175. The molecule has 1 N–H and O–H groups in total. The summed E-state index contributed by atoms with van der Waals surface area (Å²) in [5.74, 6) is 1.03. The molecule has 3 rings (SSSR count). The van der Waals surface area contributed by atoms with E-state index in [2.05, 4.69) is 49.2 Å². The zero-order chi connectivity index (χ0) is 14.9. The molecule has 0 aromatic heterocycles. The van der Waals surface area contributed by atoms with E-state index in [-0.39, 0.29) is 11.6 Å². The molecular formula is C18H28N2O. The van der Waals surface area contributed by atoms with E-state index in [1.807, 2.05) is 6.07 Å². The summed E-state index contributed by atoms with van der Waals surface area (Å²) >= 11 is 0. The molecule has 2 aliphatic heterocycles. The molecule has 1 aromatic rings. The molecule has 2 aliphatic rings. The van der Waals surface area contributed by atoms with Gasteiger partial charge in [0.1, 0.15) is 11.4 Å². The number of benzene rings is 1. The van der Waals surface area contributed by atoms with Crippen molar-refractivity contribution in [2.24, 2.45) is 0 Å². The number of hydrogen-bond donors (Lipinski definition) is 1. The van der Waals surface area contributed by atoms with Gasteiger partial charge in [0, 0.05) is 18.2 Å². The van der Waals surface area contributed by atoms with Gasteiger partial charge in [-0.05, 0) is 52.8 Å². The predicted octanol–water partition coefficient (Wildman–Crippen LogP) is 3.36. The molecule has 2 heterocycles. The van der Waals surface area contributed by atoms with Crippen molar-refractivity contribution in [2.45, 2.75) is 57.7 Å². The number of rotatable bonds is 4. The van der Waals surface area contributed by atoms with E-state index in [4.69, 9.17) is 4.74 Å². The van der Waals surface area contributed by atoms with Crippen LogP contribution >= 0.6 is 0 Å². The average molecular weight is 288 g/mol. The highest BCUT2D eigenvalue weighted by Crippen LogP contribution is 2.42. The van der Waals surface area contributed by atoms with Crippen molar-refractivity contribution in [3.05, 3.63) is 29.8 Å². The fraction of sp³-hybridized carbons (Fsp3) is 0.667. The molecule has 0 aliphatic carbocycles. The highest BCUT2D eigenvalue weighted by atomic mass is 16.5. The number of fused-ring (bicyclic) bond motifs is 1. The number of nitrogens with zero attached hydrogens (tertiary/aromatic N) is 1. The summed E-state index contributed by atoms with van der Waals surface area (Å²) in [5, 5.41) is 3.76. The molecule has 116 valence electrons. The van der Waals surface area contributed by atoms with Crippen LogP contribution < -0.4 is 10.1 Å². The van der Waals surface area contributed by atoms with Gasteiger partial charge in [-0.25, -0.2) is 0 Å². The second kappa shape index (κ2) is 5.98. The maximum absolute atomic E-state index is 6.11. The van der Waals surface area contributed by atoms with E-state index in [9.17, 15) is 0 Å². The SMILES string of the molecule is CC(CNC1c2ccccc2OC1(C)C)N1CCCCC1. The Bertz CT molecular complexity index is 480. The molecular weight excluding hydrogens is 260 g/mol. The van der Waals surface area contributed by atoms with Crippen molar-refractivity contribution in [1.82, 2.24) is 10.2 Å². The van der Waals surface area contributed by atoms with Crippen molar-refractivity contribution in [3.8, 4) is 5.75 Å². The van der Waals surface area contributed by atoms with Gasteiger partial charge in [-0.1, -0.05) is 24.6 Å². The van der Waals surface area contributed by atoms with E-state index in [1.54, 1.807) is 0 Å². The van der Waals surface area contributed by atoms with E-state index < -0.39 is 0 Å². The van der Waals surface area contributed by atoms with Crippen molar-refractivity contribution in [1.29, 1.82) is 0 Å². The second-order valence-corrected chi connectivity index (χ2v) is 7.03. The lowest BCUT2D eigenvalue weighted by molar-refractivity contribution is 0.0892. The van der Waals surface area contributed by atoms with Gasteiger partial charge >= 0.3 is 0 Å². The number of ether oxygens (including phenoxy) is 1. The summed E-state index contributed by atoms with van der Waals surface area (Å²) in [6, 6.07) is 9.29. The topological polar surface area (TPSA) is 24.5 Å². The molecule has 3 heteroatoms. The van der Waals surface area contributed by atoms with E-state index >= 15 is 0 Å². The summed E-state index contributed by atoms with van der Waals surface area (Å²) in [6.45, 7) is 10.2. The molecule has 1 saturated heterocycles. The molecule has 0 bridgehead atoms. The number of hydrogen-bond acceptors (Lipinski definition) is 3. The third-order valence-corrected chi connectivity index (χ3v) is 4.93. The zero-order valence-electron chi connectivity index (χ0n) is 13.6. The zero-order valence-corrected chi connectivity index (χ0v) is 13.6. The van der Waals surface area contributed by atoms with E-state index in [1.165, 1.54) is 37.9 Å². The van der Waals surface area contributed by atoms with Crippen LogP contribution in [0.5, 0.6) is 5.75 Å².